The number of hydrogen-bond donors (Lipinski definition) is 0. The fourth-order valence-corrected chi connectivity index (χ4v) is 0.893. The van der Waals surface area contributed by atoms with Crippen LogP contribution in [0.4, 0.5) is 5.82 Å². The van der Waals surface area contributed by atoms with Crippen LogP contribution >= 0.6 is 0 Å². The summed E-state index contributed by atoms with van der Waals surface area (Å²) in [6, 6.07) is 0. The molecular weight excluding hydrogens is 154 g/mol. The first-order valence-electron chi connectivity index (χ1n) is 3.70. The summed E-state index contributed by atoms with van der Waals surface area (Å²) in [5.41, 5.74) is 0.859. The fourth-order valence-electron chi connectivity index (χ4n) is 0.893. The lowest BCUT2D eigenvalue weighted by Crippen LogP contribution is -2.13. The van der Waals surface area contributed by atoms with Crippen LogP contribution in [0.25, 0.3) is 0 Å². The molecule has 0 amide bonds. The Morgan fingerprint density at radius 1 is 1.42 bits per heavy atom. The van der Waals surface area contributed by atoms with E-state index >= 15 is 0 Å². The topological polar surface area (TPSA) is 38.3 Å². The van der Waals surface area contributed by atoms with Crippen LogP contribution in [0.1, 0.15) is 5.69 Å². The number of aryl methyl sites for hydroxylation is 1. The van der Waals surface area contributed by atoms with Gasteiger partial charge in [0.25, 0.3) is 5.88 Å². The second-order valence-corrected chi connectivity index (χ2v) is 2.74. The highest BCUT2D eigenvalue weighted by Gasteiger charge is 2.07. The maximum atomic E-state index is 5.07. The van der Waals surface area contributed by atoms with Crippen LogP contribution in [0.2, 0.25) is 0 Å². The van der Waals surface area contributed by atoms with E-state index < -0.39 is 0 Å². The summed E-state index contributed by atoms with van der Waals surface area (Å²) < 4.78 is 5.07. The Hall–Kier alpha value is -1.32. The highest BCUT2D eigenvalue weighted by Crippen LogP contribution is 2.20. The van der Waals surface area contributed by atoms with Gasteiger partial charge in [0.2, 0.25) is 0 Å². The van der Waals surface area contributed by atoms with E-state index in [0.29, 0.717) is 5.88 Å². The zero-order chi connectivity index (χ0) is 9.14. The smallest absolute Gasteiger partial charge is 0.257 e. The predicted molar refractivity (Wildman–Crippen MR) is 47.6 cm³/mol. The molecule has 66 valence electrons. The Kier molecular flexibility index (Phi) is 2.47. The molecule has 1 heterocycles. The van der Waals surface area contributed by atoms with Gasteiger partial charge >= 0.3 is 0 Å². The molecule has 0 saturated carbocycles. The summed E-state index contributed by atoms with van der Waals surface area (Å²) in [5, 5.41) is 0. The van der Waals surface area contributed by atoms with Crippen LogP contribution in [-0.2, 0) is 0 Å². The molecule has 4 nitrogen and oxygen atoms in total. The van der Waals surface area contributed by atoms with Gasteiger partial charge in [-0.1, -0.05) is 0 Å². The second-order valence-electron chi connectivity index (χ2n) is 2.74. The van der Waals surface area contributed by atoms with Crippen molar-refractivity contribution in [2.75, 3.05) is 26.1 Å². The Bertz CT molecular complexity index is 273. The average molecular weight is 167 g/mol. The zero-order valence-electron chi connectivity index (χ0n) is 7.83. The summed E-state index contributed by atoms with van der Waals surface area (Å²) in [7, 11) is 5.40. The van der Waals surface area contributed by atoms with Crippen molar-refractivity contribution in [2.24, 2.45) is 0 Å². The van der Waals surface area contributed by atoms with Crippen molar-refractivity contribution in [2.45, 2.75) is 6.92 Å². The first kappa shape index (κ1) is 8.77. The molecule has 1 rings (SSSR count). The maximum Gasteiger partial charge on any atom is 0.257 e. The molecule has 4 heteroatoms. The summed E-state index contributed by atoms with van der Waals surface area (Å²) in [5.74, 6) is 1.32. The predicted octanol–water partition coefficient (Wildman–Crippen LogP) is 0.860. The highest BCUT2D eigenvalue weighted by atomic mass is 16.5. The molecule has 0 radical (unpaired) electrons. The summed E-state index contributed by atoms with van der Waals surface area (Å²) >= 11 is 0. The molecule has 0 fully saturated rings. The minimum atomic E-state index is 0.569. The van der Waals surface area contributed by atoms with Crippen molar-refractivity contribution in [1.82, 2.24) is 9.97 Å². The Balaban J connectivity index is 3.11. The van der Waals surface area contributed by atoms with E-state index in [-0.39, 0.29) is 0 Å². The Morgan fingerprint density at radius 3 is 2.58 bits per heavy atom. The van der Waals surface area contributed by atoms with Crippen molar-refractivity contribution in [3.8, 4) is 5.88 Å². The molecule has 0 spiro atoms. The molecule has 0 aliphatic heterocycles. The van der Waals surface area contributed by atoms with E-state index in [1.54, 1.807) is 13.3 Å². The zero-order valence-corrected chi connectivity index (χ0v) is 7.83. The number of ether oxygens (including phenoxy) is 1. The molecule has 0 atom stereocenters. The minimum absolute atomic E-state index is 0.569. The minimum Gasteiger partial charge on any atom is -0.478 e. The van der Waals surface area contributed by atoms with Gasteiger partial charge in [-0.3, -0.25) is 0 Å². The quantitative estimate of drug-likeness (QED) is 0.654. The van der Waals surface area contributed by atoms with E-state index in [1.807, 2.05) is 25.9 Å². The molecule has 12 heavy (non-hydrogen) atoms. The average Bonchev–Trinajstić information content (AvgIpc) is 2.03. The van der Waals surface area contributed by atoms with Gasteiger partial charge in [0.1, 0.15) is 0 Å². The lowest BCUT2D eigenvalue weighted by molar-refractivity contribution is 0.395. The van der Waals surface area contributed by atoms with Gasteiger partial charge in [-0.25, -0.2) is 9.97 Å². The van der Waals surface area contributed by atoms with E-state index in [0.717, 1.165) is 11.5 Å². The first-order valence-corrected chi connectivity index (χ1v) is 3.70. The van der Waals surface area contributed by atoms with E-state index in [4.69, 9.17) is 4.74 Å². The Morgan fingerprint density at radius 2 is 2.08 bits per heavy atom. The van der Waals surface area contributed by atoms with Gasteiger partial charge in [-0.05, 0) is 6.92 Å². The van der Waals surface area contributed by atoms with E-state index in [9.17, 15) is 0 Å². The van der Waals surface area contributed by atoms with Gasteiger partial charge in [0.05, 0.1) is 19.0 Å². The van der Waals surface area contributed by atoms with Crippen LogP contribution in [-0.4, -0.2) is 31.2 Å². The van der Waals surface area contributed by atoms with Crippen LogP contribution in [0.15, 0.2) is 6.20 Å². The molecule has 1 aromatic heterocycles. The lowest BCUT2D eigenvalue weighted by Gasteiger charge is -2.13. The molecule has 0 unspecified atom stereocenters. The van der Waals surface area contributed by atoms with Crippen molar-refractivity contribution < 1.29 is 4.74 Å². The number of aromatic nitrogens is 2. The van der Waals surface area contributed by atoms with Crippen LogP contribution in [0.3, 0.4) is 0 Å². The number of nitrogens with zero attached hydrogens (tertiary/aromatic N) is 3. The van der Waals surface area contributed by atoms with Gasteiger partial charge in [-0.2, -0.15) is 0 Å². The molecule has 0 aliphatic rings. The van der Waals surface area contributed by atoms with Crippen molar-refractivity contribution in [3.05, 3.63) is 11.9 Å². The number of hydrogen-bond acceptors (Lipinski definition) is 4. The normalized spacial score (nSPS) is 9.67. The van der Waals surface area contributed by atoms with Crippen molar-refractivity contribution in [1.29, 1.82) is 0 Å². The van der Waals surface area contributed by atoms with E-state index in [1.165, 1.54) is 0 Å². The summed E-state index contributed by atoms with van der Waals surface area (Å²) in [4.78, 5) is 10.2. The number of anilines is 1. The monoisotopic (exact) mass is 167 g/mol. The van der Waals surface area contributed by atoms with Crippen molar-refractivity contribution in [3.63, 3.8) is 0 Å². The molecule has 0 aromatic carbocycles. The SMILES string of the molecule is COc1nc(C)cnc1N(C)C. The van der Waals surface area contributed by atoms with Crippen LogP contribution in [0, 0.1) is 6.92 Å². The number of rotatable bonds is 2. The molecule has 0 N–H and O–H groups in total. The van der Waals surface area contributed by atoms with Gasteiger partial charge < -0.3 is 9.64 Å². The third-order valence-electron chi connectivity index (χ3n) is 1.46. The summed E-state index contributed by atoms with van der Waals surface area (Å²) in [6.07, 6.45) is 1.72. The number of methoxy groups -OCH3 is 1. The van der Waals surface area contributed by atoms with Gasteiger partial charge in [-0.15, -0.1) is 0 Å². The maximum absolute atomic E-state index is 5.07. The molecule has 0 bridgehead atoms. The summed E-state index contributed by atoms with van der Waals surface area (Å²) in [6.45, 7) is 1.88. The molecular formula is C8H13N3O. The lowest BCUT2D eigenvalue weighted by atomic mass is 10.5. The highest BCUT2D eigenvalue weighted by molar-refractivity contribution is 5.46. The molecule has 0 saturated heterocycles. The molecule has 0 aliphatic carbocycles. The fraction of sp³-hybridized carbons (Fsp3) is 0.500. The third-order valence-corrected chi connectivity index (χ3v) is 1.46. The third kappa shape index (κ3) is 1.64. The standard InChI is InChI=1S/C8H13N3O/c1-6-5-9-7(11(2)3)8(10-6)12-4/h5H,1-4H3. The van der Waals surface area contributed by atoms with Crippen molar-refractivity contribution >= 4 is 5.82 Å². The van der Waals surface area contributed by atoms with Gasteiger partial charge in [0, 0.05) is 14.1 Å². The van der Waals surface area contributed by atoms with E-state index in [2.05, 4.69) is 9.97 Å². The first-order chi connectivity index (χ1) is 5.65. The largest absolute Gasteiger partial charge is 0.478 e. The second kappa shape index (κ2) is 3.38. The van der Waals surface area contributed by atoms with Crippen LogP contribution in [0.5, 0.6) is 5.88 Å². The Labute approximate surface area is 72.2 Å². The molecule has 1 aromatic rings. The van der Waals surface area contributed by atoms with Crippen LogP contribution < -0.4 is 9.64 Å². The van der Waals surface area contributed by atoms with Gasteiger partial charge in [0.15, 0.2) is 5.82 Å².